The minimum atomic E-state index is -0.200. The topological polar surface area (TPSA) is 67.2 Å². The average molecular weight is 485 g/mol. The van der Waals surface area contributed by atoms with Gasteiger partial charge in [0.25, 0.3) is 11.8 Å². The van der Waals surface area contributed by atoms with E-state index >= 15 is 0 Å². The van der Waals surface area contributed by atoms with Crippen LogP contribution in [0.3, 0.4) is 0 Å². The van der Waals surface area contributed by atoms with Crippen molar-refractivity contribution in [2.24, 2.45) is 0 Å². The lowest BCUT2D eigenvalue weighted by atomic mass is 10.0. The summed E-state index contributed by atoms with van der Waals surface area (Å²) in [4.78, 5) is 29.7. The first-order chi connectivity index (χ1) is 16.9. The Morgan fingerprint density at radius 3 is 2.69 bits per heavy atom. The van der Waals surface area contributed by atoms with Gasteiger partial charge in [0.2, 0.25) is 0 Å². The maximum Gasteiger partial charge on any atom is 0.255 e. The zero-order chi connectivity index (χ0) is 24.5. The number of carbonyl (C=O) groups excluding carboxylic acids is 2. The third-order valence-corrected chi connectivity index (χ3v) is 7.56. The van der Waals surface area contributed by atoms with Gasteiger partial charge in [0.15, 0.2) is 0 Å². The average Bonchev–Trinajstić information content (AvgIpc) is 3.45. The molecular weight excluding hydrogens is 456 g/mol. The number of aromatic nitrogens is 2. The fourth-order valence-corrected chi connectivity index (χ4v) is 5.50. The van der Waals surface area contributed by atoms with Crippen molar-refractivity contribution < 1.29 is 9.59 Å². The van der Waals surface area contributed by atoms with Crippen LogP contribution in [0.4, 0.5) is 5.69 Å². The monoisotopic (exact) mass is 484 g/mol. The molecule has 0 fully saturated rings. The van der Waals surface area contributed by atoms with Crippen molar-refractivity contribution in [2.45, 2.75) is 40.3 Å². The molecule has 0 saturated heterocycles. The lowest BCUT2D eigenvalue weighted by molar-refractivity contribution is 0.0735. The Kier molecular flexibility index (Phi) is 6.26. The van der Waals surface area contributed by atoms with E-state index < -0.39 is 0 Å². The first kappa shape index (κ1) is 23.1. The molecule has 6 nitrogen and oxygen atoms in total. The molecule has 5 rings (SSSR count). The van der Waals surface area contributed by atoms with Crippen molar-refractivity contribution in [1.29, 1.82) is 0 Å². The van der Waals surface area contributed by atoms with Gasteiger partial charge in [0.1, 0.15) is 0 Å². The molecule has 2 aromatic carbocycles. The number of amides is 2. The second kappa shape index (κ2) is 9.50. The van der Waals surface area contributed by atoms with E-state index in [0.717, 1.165) is 28.9 Å². The summed E-state index contributed by atoms with van der Waals surface area (Å²) < 4.78 is 1.94. The van der Waals surface area contributed by atoms with Crippen molar-refractivity contribution in [1.82, 2.24) is 14.7 Å². The fourth-order valence-electron chi connectivity index (χ4n) is 4.61. The van der Waals surface area contributed by atoms with Crippen molar-refractivity contribution in [3.05, 3.63) is 104 Å². The van der Waals surface area contributed by atoms with Gasteiger partial charge in [-0.05, 0) is 85.7 Å². The van der Waals surface area contributed by atoms with Crippen molar-refractivity contribution in [2.75, 3.05) is 11.9 Å². The van der Waals surface area contributed by atoms with Crippen LogP contribution in [-0.2, 0) is 19.5 Å². The number of fused-ring (bicyclic) bond motifs is 1. The van der Waals surface area contributed by atoms with Crippen LogP contribution in [0.1, 0.15) is 53.7 Å². The van der Waals surface area contributed by atoms with Gasteiger partial charge in [0.05, 0.1) is 12.2 Å². The maximum absolute atomic E-state index is 13.3. The Hall–Kier alpha value is -3.71. The summed E-state index contributed by atoms with van der Waals surface area (Å²) >= 11 is 1.76. The second-order valence-corrected chi connectivity index (χ2v) is 10.1. The summed E-state index contributed by atoms with van der Waals surface area (Å²) in [6, 6.07) is 17.2. The standard InChI is InChI=1S/C28H28N4O2S/c1-18-14-19(2)32(30-18)16-21-6-4-7-22(15-21)27(33)29-25-9-5-8-24(20(25)3)28(34)31-12-10-26-23(17-31)11-13-35-26/h4-9,11,13-15H,10,12,16-17H2,1-3H3,(H,29,33). The third-order valence-electron chi connectivity index (χ3n) is 6.53. The first-order valence-electron chi connectivity index (χ1n) is 11.7. The summed E-state index contributed by atoms with van der Waals surface area (Å²) in [7, 11) is 0. The van der Waals surface area contributed by atoms with Gasteiger partial charge in [-0.1, -0.05) is 18.2 Å². The molecule has 0 spiro atoms. The normalized spacial score (nSPS) is 12.9. The van der Waals surface area contributed by atoms with Crippen LogP contribution >= 0.6 is 11.3 Å². The molecule has 1 aliphatic heterocycles. The number of carbonyl (C=O) groups is 2. The Labute approximate surface area is 209 Å². The molecule has 4 aromatic rings. The molecule has 0 aliphatic carbocycles. The number of benzene rings is 2. The highest BCUT2D eigenvalue weighted by atomic mass is 32.1. The molecule has 1 N–H and O–H groups in total. The van der Waals surface area contributed by atoms with E-state index in [4.69, 9.17) is 0 Å². The van der Waals surface area contributed by atoms with Gasteiger partial charge in [-0.15, -0.1) is 11.3 Å². The molecule has 0 unspecified atom stereocenters. The van der Waals surface area contributed by atoms with Gasteiger partial charge < -0.3 is 10.2 Å². The molecule has 0 saturated carbocycles. The van der Waals surface area contributed by atoms with Crippen LogP contribution in [0.25, 0.3) is 0 Å². The van der Waals surface area contributed by atoms with E-state index in [-0.39, 0.29) is 11.8 Å². The van der Waals surface area contributed by atoms with E-state index in [1.807, 2.05) is 72.8 Å². The SMILES string of the molecule is Cc1cc(C)n(Cc2cccc(C(=O)Nc3cccc(C(=O)N4CCc5sccc5C4)c3C)c2)n1. The Morgan fingerprint density at radius 1 is 1.06 bits per heavy atom. The van der Waals surface area contributed by atoms with E-state index in [9.17, 15) is 9.59 Å². The van der Waals surface area contributed by atoms with Crippen LogP contribution < -0.4 is 5.32 Å². The molecule has 7 heteroatoms. The van der Waals surface area contributed by atoms with Crippen LogP contribution in [0.5, 0.6) is 0 Å². The van der Waals surface area contributed by atoms with E-state index in [2.05, 4.69) is 21.9 Å². The molecular formula is C28H28N4O2S. The van der Waals surface area contributed by atoms with Crippen LogP contribution in [-0.4, -0.2) is 33.0 Å². The third kappa shape index (κ3) is 4.77. The van der Waals surface area contributed by atoms with Crippen molar-refractivity contribution in [3.8, 4) is 0 Å². The zero-order valence-electron chi connectivity index (χ0n) is 20.2. The quantitative estimate of drug-likeness (QED) is 0.414. The molecule has 0 radical (unpaired) electrons. The lowest BCUT2D eigenvalue weighted by Gasteiger charge is -2.28. The first-order valence-corrected chi connectivity index (χ1v) is 12.6. The van der Waals surface area contributed by atoms with Crippen LogP contribution in [0, 0.1) is 20.8 Å². The number of aryl methyl sites for hydroxylation is 2. The van der Waals surface area contributed by atoms with Gasteiger partial charge in [-0.3, -0.25) is 14.3 Å². The van der Waals surface area contributed by atoms with E-state index in [0.29, 0.717) is 36.4 Å². The van der Waals surface area contributed by atoms with Gasteiger partial charge in [-0.2, -0.15) is 5.10 Å². The summed E-state index contributed by atoms with van der Waals surface area (Å²) in [5.41, 5.74) is 6.92. The molecule has 2 aromatic heterocycles. The van der Waals surface area contributed by atoms with Crippen molar-refractivity contribution in [3.63, 3.8) is 0 Å². The highest BCUT2D eigenvalue weighted by Gasteiger charge is 2.24. The smallest absolute Gasteiger partial charge is 0.255 e. The number of rotatable bonds is 5. The van der Waals surface area contributed by atoms with Gasteiger partial charge in [-0.25, -0.2) is 0 Å². The van der Waals surface area contributed by atoms with Crippen molar-refractivity contribution >= 4 is 28.8 Å². The maximum atomic E-state index is 13.3. The minimum Gasteiger partial charge on any atom is -0.334 e. The molecule has 1 aliphatic rings. The van der Waals surface area contributed by atoms with Gasteiger partial charge in [0, 0.05) is 40.5 Å². The number of hydrogen-bond donors (Lipinski definition) is 1. The number of hydrogen-bond acceptors (Lipinski definition) is 4. The van der Waals surface area contributed by atoms with Gasteiger partial charge >= 0.3 is 0 Å². The van der Waals surface area contributed by atoms with Crippen LogP contribution in [0.15, 0.2) is 60.0 Å². The molecule has 35 heavy (non-hydrogen) atoms. The van der Waals surface area contributed by atoms with Crippen LogP contribution in [0.2, 0.25) is 0 Å². The fraction of sp³-hybridized carbons (Fsp3) is 0.250. The number of nitrogens with zero attached hydrogens (tertiary/aromatic N) is 3. The summed E-state index contributed by atoms with van der Waals surface area (Å²) in [5.74, 6) is -0.198. The molecule has 0 atom stereocenters. The second-order valence-electron chi connectivity index (χ2n) is 9.06. The predicted molar refractivity (Wildman–Crippen MR) is 139 cm³/mol. The summed E-state index contributed by atoms with van der Waals surface area (Å²) in [5, 5.41) is 9.62. The summed E-state index contributed by atoms with van der Waals surface area (Å²) in [6.07, 6.45) is 0.891. The molecule has 178 valence electrons. The van der Waals surface area contributed by atoms with E-state index in [1.54, 1.807) is 17.4 Å². The van der Waals surface area contributed by atoms with E-state index in [1.165, 1.54) is 10.4 Å². The number of nitrogens with one attached hydrogen (secondary N) is 1. The predicted octanol–water partition coefficient (Wildman–Crippen LogP) is 5.37. The highest BCUT2D eigenvalue weighted by Crippen LogP contribution is 2.27. The molecule has 2 amide bonds. The Morgan fingerprint density at radius 2 is 1.89 bits per heavy atom. The number of anilines is 1. The summed E-state index contributed by atoms with van der Waals surface area (Å²) in [6.45, 7) is 7.84. The zero-order valence-corrected chi connectivity index (χ0v) is 21.0. The molecule has 0 bridgehead atoms. The highest BCUT2D eigenvalue weighted by molar-refractivity contribution is 7.10. The Bertz CT molecular complexity index is 1420. The lowest BCUT2D eigenvalue weighted by Crippen LogP contribution is -2.35. The largest absolute Gasteiger partial charge is 0.334 e. The minimum absolute atomic E-state index is 0.00216. The number of thiophene rings is 1. The Balaban J connectivity index is 1.32. The molecule has 3 heterocycles.